The van der Waals surface area contributed by atoms with Crippen LogP contribution in [0.3, 0.4) is 0 Å². The number of benzene rings is 1. The lowest BCUT2D eigenvalue weighted by Gasteiger charge is -2.41. The Bertz CT molecular complexity index is 1490. The maximum Gasteiger partial charge on any atom is 0.152 e. The van der Waals surface area contributed by atoms with Crippen LogP contribution in [0.15, 0.2) is 84.0 Å². The number of likely N-dealkylation sites (tertiary alicyclic amines) is 1. The van der Waals surface area contributed by atoms with E-state index in [-0.39, 0.29) is 0 Å². The monoisotopic (exact) mass is 593 g/mol. The molecule has 44 heavy (non-hydrogen) atoms. The molecule has 7 nitrogen and oxygen atoms in total. The minimum Gasteiger partial charge on any atom is -0.499 e. The standard InChI is InChI=1S/C37H47N5O2/c1-28-10-12-29(13-11-28)24-39-17-14-32(15-18-39)42-26-31-23-30(33-7-6-16-38-36(33)37(31)44-27-42)25-40-19-21-41(22-20-40)34-8-4-3-5-9-35(34)43-2/h3-8,10,12-13,16,23,28,32H,9,11,14-15,17-22,24-27H2,1-2H3/t28-/m0/s1. The number of piperazine rings is 1. The van der Waals surface area contributed by atoms with Crippen molar-refractivity contribution in [1.82, 2.24) is 24.6 Å². The first-order valence-electron chi connectivity index (χ1n) is 16.6. The van der Waals surface area contributed by atoms with Gasteiger partial charge in [-0.15, -0.1) is 0 Å². The average molecular weight is 594 g/mol. The largest absolute Gasteiger partial charge is 0.499 e. The molecule has 7 heteroatoms. The van der Waals surface area contributed by atoms with Gasteiger partial charge in [0.15, 0.2) is 5.75 Å². The summed E-state index contributed by atoms with van der Waals surface area (Å²) in [5.41, 5.74) is 6.37. The molecular weight excluding hydrogens is 546 g/mol. The van der Waals surface area contributed by atoms with E-state index >= 15 is 0 Å². The quantitative estimate of drug-likeness (QED) is 0.398. The van der Waals surface area contributed by atoms with Crippen molar-refractivity contribution in [2.75, 3.05) is 59.7 Å². The topological polar surface area (TPSA) is 44.3 Å². The minimum atomic E-state index is 0.561. The van der Waals surface area contributed by atoms with Crippen LogP contribution >= 0.6 is 0 Å². The Labute approximate surface area is 262 Å². The number of rotatable bonds is 7. The number of methoxy groups -OCH3 is 1. The van der Waals surface area contributed by atoms with Crippen LogP contribution in [0, 0.1) is 5.92 Å². The van der Waals surface area contributed by atoms with Crippen molar-refractivity contribution < 1.29 is 9.47 Å². The van der Waals surface area contributed by atoms with E-state index in [2.05, 4.69) is 87.3 Å². The van der Waals surface area contributed by atoms with Gasteiger partial charge in [0.05, 0.1) is 12.8 Å². The molecule has 0 spiro atoms. The number of aromatic nitrogens is 1. The summed E-state index contributed by atoms with van der Waals surface area (Å²) in [6, 6.07) is 7.26. The van der Waals surface area contributed by atoms with Crippen molar-refractivity contribution in [3.05, 3.63) is 95.1 Å². The van der Waals surface area contributed by atoms with Gasteiger partial charge in [0.2, 0.25) is 0 Å². The lowest BCUT2D eigenvalue weighted by atomic mass is 9.96. The summed E-state index contributed by atoms with van der Waals surface area (Å²) in [4.78, 5) is 15.1. The van der Waals surface area contributed by atoms with Gasteiger partial charge in [0, 0.05) is 75.4 Å². The Morgan fingerprint density at radius 1 is 1.00 bits per heavy atom. The van der Waals surface area contributed by atoms with Crippen LogP contribution in [-0.2, 0) is 17.8 Å². The summed E-state index contributed by atoms with van der Waals surface area (Å²) >= 11 is 0. The Balaban J connectivity index is 1.01. The number of nitrogens with zero attached hydrogens (tertiary/aromatic N) is 5. The molecule has 5 aliphatic rings. The van der Waals surface area contributed by atoms with Crippen LogP contribution in [0.1, 0.15) is 43.7 Å². The fourth-order valence-corrected chi connectivity index (χ4v) is 7.45. The Hall–Kier alpha value is -3.39. The fraction of sp³-hybridized carbons (Fsp3) is 0.486. The van der Waals surface area contributed by atoms with Crippen molar-refractivity contribution in [1.29, 1.82) is 0 Å². The SMILES string of the molecule is COC1=C(N2CCN(Cc3cc4c(c5ncccc35)OCN(C3CCN(CC5=CC[C@@H](C)C=C5)CC3)C4)CC2)C=CC=CC1. The fourth-order valence-electron chi connectivity index (χ4n) is 7.45. The maximum atomic E-state index is 6.50. The molecule has 2 aromatic rings. The van der Waals surface area contributed by atoms with Gasteiger partial charge in [0.25, 0.3) is 0 Å². The second kappa shape index (κ2) is 13.3. The molecule has 4 heterocycles. The third-order valence-electron chi connectivity index (χ3n) is 10.1. The summed E-state index contributed by atoms with van der Waals surface area (Å²) in [6.07, 6.45) is 22.1. The molecule has 1 aromatic carbocycles. The molecule has 2 fully saturated rings. The highest BCUT2D eigenvalue weighted by atomic mass is 16.5. The molecule has 0 bridgehead atoms. The predicted octanol–water partition coefficient (Wildman–Crippen LogP) is 5.87. The molecule has 0 saturated carbocycles. The highest BCUT2D eigenvalue weighted by Crippen LogP contribution is 2.37. The van der Waals surface area contributed by atoms with Crippen molar-refractivity contribution in [2.24, 2.45) is 5.92 Å². The van der Waals surface area contributed by atoms with Crippen molar-refractivity contribution in [3.63, 3.8) is 0 Å². The smallest absolute Gasteiger partial charge is 0.152 e. The Morgan fingerprint density at radius 3 is 2.64 bits per heavy atom. The van der Waals surface area contributed by atoms with Gasteiger partial charge in [-0.2, -0.15) is 0 Å². The summed E-state index contributed by atoms with van der Waals surface area (Å²) < 4.78 is 12.2. The van der Waals surface area contributed by atoms with E-state index in [1.54, 1.807) is 7.11 Å². The van der Waals surface area contributed by atoms with E-state index in [0.717, 1.165) is 82.3 Å². The summed E-state index contributed by atoms with van der Waals surface area (Å²) in [5, 5.41) is 1.22. The van der Waals surface area contributed by atoms with Crippen molar-refractivity contribution in [2.45, 2.75) is 51.7 Å². The first kappa shape index (κ1) is 29.3. The van der Waals surface area contributed by atoms with Crippen LogP contribution < -0.4 is 4.74 Å². The molecule has 7 rings (SSSR count). The zero-order valence-corrected chi connectivity index (χ0v) is 26.5. The summed E-state index contributed by atoms with van der Waals surface area (Å²) in [6.45, 7) is 12.2. The van der Waals surface area contributed by atoms with Crippen molar-refractivity contribution in [3.8, 4) is 5.75 Å². The number of allylic oxidation sites excluding steroid dienone is 6. The Morgan fingerprint density at radius 2 is 1.84 bits per heavy atom. The van der Waals surface area contributed by atoms with Crippen LogP contribution in [0.4, 0.5) is 0 Å². The highest BCUT2D eigenvalue weighted by molar-refractivity contribution is 5.89. The zero-order chi connectivity index (χ0) is 29.9. The Kier molecular flexibility index (Phi) is 8.87. The summed E-state index contributed by atoms with van der Waals surface area (Å²) in [7, 11) is 1.79. The van der Waals surface area contributed by atoms with Crippen LogP contribution in [0.25, 0.3) is 10.9 Å². The predicted molar refractivity (Wildman–Crippen MR) is 177 cm³/mol. The molecule has 0 radical (unpaired) electrons. The molecule has 1 aromatic heterocycles. The summed E-state index contributed by atoms with van der Waals surface area (Å²) in [5.74, 6) is 2.72. The van der Waals surface area contributed by atoms with Gasteiger partial charge in [-0.05, 0) is 67.6 Å². The first-order valence-corrected chi connectivity index (χ1v) is 16.6. The molecule has 0 N–H and O–H groups in total. The van der Waals surface area contributed by atoms with E-state index in [9.17, 15) is 0 Å². The van der Waals surface area contributed by atoms with Gasteiger partial charge < -0.3 is 14.4 Å². The molecule has 2 aliphatic carbocycles. The van der Waals surface area contributed by atoms with Crippen LogP contribution in [-0.4, -0.2) is 90.3 Å². The van der Waals surface area contributed by atoms with E-state index < -0.39 is 0 Å². The second-order valence-corrected chi connectivity index (χ2v) is 13.1. The minimum absolute atomic E-state index is 0.561. The van der Waals surface area contributed by atoms with Gasteiger partial charge >= 0.3 is 0 Å². The average Bonchev–Trinajstić information content (AvgIpc) is 3.32. The molecule has 232 valence electrons. The molecular formula is C37H47N5O2. The maximum absolute atomic E-state index is 6.50. The zero-order valence-electron chi connectivity index (χ0n) is 26.5. The van der Waals surface area contributed by atoms with Gasteiger partial charge in [-0.25, -0.2) is 0 Å². The van der Waals surface area contributed by atoms with E-state index in [4.69, 9.17) is 14.5 Å². The number of hydrogen-bond donors (Lipinski definition) is 0. The number of pyridine rings is 1. The third-order valence-corrected chi connectivity index (χ3v) is 10.1. The molecule has 0 unspecified atom stereocenters. The molecule has 3 aliphatic heterocycles. The first-order chi connectivity index (χ1) is 21.6. The lowest BCUT2D eigenvalue weighted by Crippen LogP contribution is -2.47. The van der Waals surface area contributed by atoms with Crippen molar-refractivity contribution >= 4 is 10.9 Å². The van der Waals surface area contributed by atoms with Crippen LogP contribution in [0.2, 0.25) is 0 Å². The highest BCUT2D eigenvalue weighted by Gasteiger charge is 2.30. The van der Waals surface area contributed by atoms with Gasteiger partial charge in [-0.1, -0.05) is 49.4 Å². The third kappa shape index (κ3) is 6.37. The van der Waals surface area contributed by atoms with Crippen LogP contribution in [0.5, 0.6) is 5.75 Å². The number of fused-ring (bicyclic) bond motifs is 3. The van der Waals surface area contributed by atoms with E-state index in [1.165, 1.54) is 47.0 Å². The number of piperidine rings is 1. The number of ether oxygens (including phenoxy) is 2. The molecule has 0 amide bonds. The number of hydrogen-bond acceptors (Lipinski definition) is 7. The lowest BCUT2D eigenvalue weighted by molar-refractivity contribution is 0.0277. The van der Waals surface area contributed by atoms with E-state index in [0.29, 0.717) is 18.7 Å². The van der Waals surface area contributed by atoms with Gasteiger partial charge in [0.1, 0.15) is 18.0 Å². The van der Waals surface area contributed by atoms with Gasteiger partial charge in [-0.3, -0.25) is 19.7 Å². The second-order valence-electron chi connectivity index (χ2n) is 13.1. The van der Waals surface area contributed by atoms with E-state index in [1.807, 2.05) is 6.20 Å². The molecule has 2 saturated heterocycles. The normalized spacial score (nSPS) is 23.9. The molecule has 1 atom stereocenters.